The molecule has 0 heterocycles. The average Bonchev–Trinajstić information content (AvgIpc) is 0. The first-order valence-electron chi connectivity index (χ1n) is 0. The minimum atomic E-state index is 0. The zero-order valence-electron chi connectivity index (χ0n) is 1.69. The zero-order valence-corrected chi connectivity index (χ0v) is 9.71. The van der Waals surface area contributed by atoms with Crippen molar-refractivity contribution < 1.29 is 16.8 Å². The van der Waals surface area contributed by atoms with Gasteiger partial charge in [0.1, 0.15) is 0 Å². The van der Waals surface area contributed by atoms with Crippen LogP contribution in [0.3, 0.4) is 0 Å². The molecule has 0 aliphatic carbocycles. The Morgan fingerprint density at radius 2 is 1.00 bits per heavy atom. The first-order chi connectivity index (χ1) is 0. The van der Waals surface area contributed by atoms with Gasteiger partial charge in [-0.05, 0) is 0 Å². The van der Waals surface area contributed by atoms with Gasteiger partial charge in [-0.3, -0.25) is 0 Å². The van der Waals surface area contributed by atoms with Crippen LogP contribution in [0.4, 0.5) is 0 Å². The molecule has 24 valence electrons. The Morgan fingerprint density at radius 1 is 1.00 bits per heavy atom. The second-order valence-electron chi connectivity index (χ2n) is 0. The first kappa shape index (κ1) is 30.2. The largest absolute Gasteiger partial charge is 0 e. The Morgan fingerprint density at radius 3 is 1.00 bits per heavy atom. The molecule has 0 atom stereocenters. The van der Waals surface area contributed by atoms with E-state index in [0.717, 1.165) is 0 Å². The van der Waals surface area contributed by atoms with E-state index in [-0.39, 0.29) is 82.5 Å². The molecule has 10 radical (unpaired) electrons. The van der Waals surface area contributed by atoms with Gasteiger partial charge in [0, 0.05) is 82.5 Å². The van der Waals surface area contributed by atoms with Crippen LogP contribution in [-0.2, 0) is 16.8 Å². The van der Waals surface area contributed by atoms with E-state index < -0.39 is 0 Å². The predicted octanol–water partition coefficient (Wildman–Crippen LogP) is -1.14. The van der Waals surface area contributed by atoms with Crippen molar-refractivity contribution in [3.8, 4) is 0 Å². The van der Waals surface area contributed by atoms with E-state index in [9.17, 15) is 0 Å². The number of hydrogen-bond donors (Lipinski definition) is 0. The van der Waals surface area contributed by atoms with Crippen LogP contribution < -0.4 is 0 Å². The van der Waals surface area contributed by atoms with Crippen LogP contribution in [-0.4, -0.2) is 65.7 Å². The van der Waals surface area contributed by atoms with Crippen LogP contribution in [0.5, 0.6) is 0 Å². The van der Waals surface area contributed by atoms with Gasteiger partial charge in [0.2, 0.25) is 0 Å². The van der Waals surface area contributed by atoms with Crippen molar-refractivity contribution in [1.82, 2.24) is 0 Å². The molecule has 0 spiro atoms. The van der Waals surface area contributed by atoms with E-state index in [0.29, 0.717) is 0 Å². The smallest absolute Gasteiger partial charge is 0 e. The minimum absolute atomic E-state index is 0. The second-order valence-corrected chi connectivity index (χ2v) is 0. The fraction of sp³-hybridized carbons (Fsp3) is 0. The zero-order chi connectivity index (χ0) is 0. The van der Waals surface area contributed by atoms with E-state index in [1.54, 1.807) is 0 Å². The summed E-state index contributed by atoms with van der Waals surface area (Å²) in [5.41, 5.74) is 0. The van der Waals surface area contributed by atoms with Gasteiger partial charge in [0.25, 0.3) is 0 Å². The molecule has 0 aliphatic heterocycles. The molecule has 0 fully saturated rings. The van der Waals surface area contributed by atoms with Gasteiger partial charge in [-0.25, -0.2) is 0 Å². The summed E-state index contributed by atoms with van der Waals surface area (Å²) in [5.74, 6) is 0. The van der Waals surface area contributed by atoms with E-state index in [1.807, 2.05) is 0 Å². The van der Waals surface area contributed by atoms with Crippen molar-refractivity contribution in [2.45, 2.75) is 0 Å². The molecule has 0 aliphatic rings. The molecule has 0 aromatic rings. The third kappa shape index (κ3) is 8.82. The standard InChI is InChI=1S/Co.Ge.Sb.Te. The van der Waals surface area contributed by atoms with Gasteiger partial charge < -0.3 is 0 Å². The van der Waals surface area contributed by atoms with Crippen LogP contribution in [0.25, 0.3) is 0 Å². The van der Waals surface area contributed by atoms with Gasteiger partial charge in [-0.15, -0.1) is 0 Å². The summed E-state index contributed by atoms with van der Waals surface area (Å²) in [6, 6.07) is 0. The molecule has 0 aromatic heterocycles. The van der Waals surface area contributed by atoms with Crippen molar-refractivity contribution in [2.24, 2.45) is 0 Å². The summed E-state index contributed by atoms with van der Waals surface area (Å²) < 4.78 is 0. The van der Waals surface area contributed by atoms with Gasteiger partial charge in [0.05, 0.1) is 0 Å². The monoisotopic (exact) mass is 384 g/mol. The maximum atomic E-state index is 0. The Balaban J connectivity index is 0. The Hall–Kier alpha value is 2.66. The molecule has 4 heteroatoms. The summed E-state index contributed by atoms with van der Waals surface area (Å²) in [4.78, 5) is 0. The maximum absolute atomic E-state index is 0. The van der Waals surface area contributed by atoms with Crippen molar-refractivity contribution in [3.63, 3.8) is 0 Å². The van der Waals surface area contributed by atoms with Crippen molar-refractivity contribution in [3.05, 3.63) is 0 Å². The molecule has 0 unspecified atom stereocenters. The third-order valence-electron chi connectivity index (χ3n) is 0. The Bertz CT molecular complexity index is 8.00. The molecule has 0 bridgehead atoms. The van der Waals surface area contributed by atoms with Gasteiger partial charge in [0.15, 0.2) is 0 Å². The Labute approximate surface area is 81.2 Å². The summed E-state index contributed by atoms with van der Waals surface area (Å²) in [6.45, 7) is 0. The molecular weight excluding hydrogens is 381 g/mol. The van der Waals surface area contributed by atoms with E-state index in [1.165, 1.54) is 0 Å². The van der Waals surface area contributed by atoms with E-state index in [2.05, 4.69) is 0 Å². The van der Waals surface area contributed by atoms with Gasteiger partial charge in [-0.1, -0.05) is 0 Å². The average molecular weight is 381 g/mol. The fourth-order valence-electron chi connectivity index (χ4n) is 0. The van der Waals surface area contributed by atoms with E-state index >= 15 is 0 Å². The first-order valence-corrected chi connectivity index (χ1v) is 0. The molecule has 0 amide bonds. The molecule has 4 heavy (non-hydrogen) atoms. The summed E-state index contributed by atoms with van der Waals surface area (Å²) in [6.07, 6.45) is 0. The molecular formula is CoGeSbTe. The molecule has 0 saturated carbocycles. The molecule has 0 aromatic carbocycles. The van der Waals surface area contributed by atoms with Gasteiger partial charge >= 0.3 is 0 Å². The third-order valence-corrected chi connectivity index (χ3v) is 0. The van der Waals surface area contributed by atoms with Crippen LogP contribution in [0.1, 0.15) is 0 Å². The predicted molar refractivity (Wildman–Crippen MR) is 17.3 cm³/mol. The normalized spacial score (nSPS) is 0. The summed E-state index contributed by atoms with van der Waals surface area (Å²) >= 11 is 0. The minimum Gasteiger partial charge on any atom is 0 e. The van der Waals surface area contributed by atoms with Crippen molar-refractivity contribution in [1.29, 1.82) is 0 Å². The quantitative estimate of drug-likeness (QED) is 0.466. The molecule has 0 saturated heterocycles. The topological polar surface area (TPSA) is 0 Å². The summed E-state index contributed by atoms with van der Waals surface area (Å²) in [7, 11) is 0. The van der Waals surface area contributed by atoms with Crippen LogP contribution in [0.15, 0.2) is 0 Å². The van der Waals surface area contributed by atoms with Crippen LogP contribution in [0.2, 0.25) is 0 Å². The van der Waals surface area contributed by atoms with Gasteiger partial charge in [-0.2, -0.15) is 0 Å². The molecule has 0 rings (SSSR count). The van der Waals surface area contributed by atoms with Crippen molar-refractivity contribution in [2.75, 3.05) is 0 Å². The number of hydrogen-bond acceptors (Lipinski definition) is 0. The molecule has 0 N–H and O–H groups in total. The maximum Gasteiger partial charge on any atom is 0 e. The van der Waals surface area contributed by atoms with Crippen LogP contribution in [0, 0.1) is 0 Å². The van der Waals surface area contributed by atoms with Crippen LogP contribution >= 0.6 is 0 Å². The SMILES string of the molecule is [Co].[Ge].[Sb].[Te]. The second kappa shape index (κ2) is 17.4. The summed E-state index contributed by atoms with van der Waals surface area (Å²) in [5, 5.41) is 0. The fourth-order valence-corrected chi connectivity index (χ4v) is 0. The number of rotatable bonds is 0. The Kier molecular flexibility index (Phi) is 131. The van der Waals surface area contributed by atoms with E-state index in [4.69, 9.17) is 0 Å². The molecule has 0 nitrogen and oxygen atoms in total. The van der Waals surface area contributed by atoms with Crippen molar-refractivity contribution >= 4 is 65.7 Å².